The fourth-order valence-electron chi connectivity index (χ4n) is 3.49. The third-order valence-corrected chi connectivity index (χ3v) is 4.80. The first-order valence-corrected chi connectivity index (χ1v) is 11.6. The number of nitrogens with one attached hydrogen (secondary N) is 2. The molecule has 1 aromatic carbocycles. The number of primary amides is 1. The number of ether oxygens (including phenoxy) is 1. The molecule has 2 unspecified atom stereocenters. The number of nitrogens with zero attached hydrogens (tertiary/aromatic N) is 1. The Labute approximate surface area is 207 Å². The van der Waals surface area contributed by atoms with E-state index in [0.29, 0.717) is 0 Å². The van der Waals surface area contributed by atoms with Crippen molar-refractivity contribution in [1.29, 1.82) is 0 Å². The van der Waals surface area contributed by atoms with Crippen LogP contribution in [0.3, 0.4) is 0 Å². The van der Waals surface area contributed by atoms with E-state index in [1.165, 1.54) is 11.0 Å². The Kier molecular flexibility index (Phi) is 10.1. The molecule has 0 heterocycles. The molecule has 0 saturated heterocycles. The van der Waals surface area contributed by atoms with Gasteiger partial charge in [0.25, 0.3) is 0 Å². The Balaban J connectivity index is 3.58. The van der Waals surface area contributed by atoms with E-state index in [-0.39, 0.29) is 30.2 Å². The summed E-state index contributed by atoms with van der Waals surface area (Å²) in [5, 5.41) is 15.9. The van der Waals surface area contributed by atoms with Gasteiger partial charge in [0.15, 0.2) is 0 Å². The van der Waals surface area contributed by atoms with Crippen molar-refractivity contribution in [3.63, 3.8) is 0 Å². The van der Waals surface area contributed by atoms with Gasteiger partial charge in [-0.2, -0.15) is 0 Å². The highest BCUT2D eigenvalue weighted by molar-refractivity contribution is 5.93. The van der Waals surface area contributed by atoms with Crippen LogP contribution in [0.15, 0.2) is 24.3 Å². The highest BCUT2D eigenvalue weighted by Gasteiger charge is 2.42. The van der Waals surface area contributed by atoms with E-state index < -0.39 is 47.0 Å². The standard InChI is InChI=1S/C25H40N4O6/c1-15(2)27-21(32)20(16-11-9-10-12-18(16)30)29(24(3,4)5)22(33)17(13-14-19(26)31)28-23(34)35-25(6,7)8/h9-12,15,17,20,30H,13-14H2,1-8H3,(H2,26,31)(H,27,32)(H,28,34). The highest BCUT2D eigenvalue weighted by Crippen LogP contribution is 2.34. The fourth-order valence-corrected chi connectivity index (χ4v) is 3.49. The number of benzene rings is 1. The van der Waals surface area contributed by atoms with Crippen LogP contribution in [-0.2, 0) is 19.1 Å². The van der Waals surface area contributed by atoms with Crippen molar-refractivity contribution in [2.45, 2.75) is 97.5 Å². The molecular weight excluding hydrogens is 452 g/mol. The number of carbonyl (C=O) groups is 4. The van der Waals surface area contributed by atoms with Gasteiger partial charge in [-0.15, -0.1) is 0 Å². The third-order valence-electron chi connectivity index (χ3n) is 4.80. The normalized spacial score (nSPS) is 13.5. The maximum absolute atomic E-state index is 14.0. The molecule has 0 aromatic heterocycles. The van der Waals surface area contributed by atoms with Gasteiger partial charge >= 0.3 is 6.09 Å². The van der Waals surface area contributed by atoms with Crippen molar-refractivity contribution in [1.82, 2.24) is 15.5 Å². The van der Waals surface area contributed by atoms with E-state index in [9.17, 15) is 24.3 Å². The molecule has 0 aliphatic rings. The third kappa shape index (κ3) is 9.46. The number of para-hydroxylation sites is 1. The van der Waals surface area contributed by atoms with E-state index in [4.69, 9.17) is 10.5 Å². The zero-order chi connectivity index (χ0) is 27.1. The number of amides is 4. The van der Waals surface area contributed by atoms with Crippen LogP contribution in [0.4, 0.5) is 4.79 Å². The van der Waals surface area contributed by atoms with Crippen molar-refractivity contribution in [2.75, 3.05) is 0 Å². The number of alkyl carbamates (subject to hydrolysis) is 1. The van der Waals surface area contributed by atoms with E-state index in [0.717, 1.165) is 0 Å². The second kappa shape index (κ2) is 11.9. The number of carbonyl (C=O) groups excluding carboxylic acids is 4. The van der Waals surface area contributed by atoms with Crippen LogP contribution in [0.1, 0.15) is 79.8 Å². The number of hydrogen-bond donors (Lipinski definition) is 4. The molecule has 0 radical (unpaired) electrons. The molecule has 1 rings (SSSR count). The average molecular weight is 493 g/mol. The summed E-state index contributed by atoms with van der Waals surface area (Å²) in [6, 6.07) is 3.59. The maximum atomic E-state index is 14.0. The number of hydrogen-bond acceptors (Lipinski definition) is 6. The molecule has 10 heteroatoms. The van der Waals surface area contributed by atoms with Gasteiger partial charge in [-0.1, -0.05) is 18.2 Å². The second-order valence-electron chi connectivity index (χ2n) is 10.7. The number of phenols is 1. The topological polar surface area (TPSA) is 151 Å². The van der Waals surface area contributed by atoms with Gasteiger partial charge < -0.3 is 31.1 Å². The molecule has 2 atom stereocenters. The van der Waals surface area contributed by atoms with Crippen LogP contribution < -0.4 is 16.4 Å². The highest BCUT2D eigenvalue weighted by atomic mass is 16.6. The lowest BCUT2D eigenvalue weighted by molar-refractivity contribution is -0.149. The molecule has 35 heavy (non-hydrogen) atoms. The lowest BCUT2D eigenvalue weighted by Gasteiger charge is -2.43. The summed E-state index contributed by atoms with van der Waals surface area (Å²) in [5.41, 5.74) is 3.78. The predicted molar refractivity (Wildman–Crippen MR) is 132 cm³/mol. The van der Waals surface area contributed by atoms with E-state index in [1.54, 1.807) is 73.6 Å². The molecule has 0 saturated carbocycles. The first kappa shape index (κ1) is 29.7. The monoisotopic (exact) mass is 492 g/mol. The molecule has 0 bridgehead atoms. The van der Waals surface area contributed by atoms with Gasteiger partial charge in [0, 0.05) is 23.6 Å². The molecule has 196 valence electrons. The van der Waals surface area contributed by atoms with Crippen LogP contribution in [-0.4, -0.2) is 57.0 Å². The van der Waals surface area contributed by atoms with Gasteiger partial charge in [-0.05, 0) is 67.9 Å². The number of rotatable bonds is 9. The minimum Gasteiger partial charge on any atom is -0.508 e. The Morgan fingerprint density at radius 2 is 1.60 bits per heavy atom. The van der Waals surface area contributed by atoms with Crippen LogP contribution in [0, 0.1) is 0 Å². The zero-order valence-electron chi connectivity index (χ0n) is 22.0. The van der Waals surface area contributed by atoms with Crippen LogP contribution >= 0.6 is 0 Å². The van der Waals surface area contributed by atoms with Crippen molar-refractivity contribution >= 4 is 23.8 Å². The van der Waals surface area contributed by atoms with Gasteiger partial charge in [-0.3, -0.25) is 14.4 Å². The molecular formula is C25H40N4O6. The number of phenolic OH excluding ortho intramolecular Hbond substituents is 1. The van der Waals surface area contributed by atoms with Crippen LogP contribution in [0.2, 0.25) is 0 Å². The SMILES string of the molecule is CC(C)NC(=O)C(c1ccccc1O)N(C(=O)C(CCC(N)=O)NC(=O)OC(C)(C)C)C(C)(C)C. The smallest absolute Gasteiger partial charge is 0.408 e. The van der Waals surface area contributed by atoms with E-state index in [1.807, 2.05) is 0 Å². The van der Waals surface area contributed by atoms with Gasteiger partial charge in [0.05, 0.1) is 0 Å². The molecule has 10 nitrogen and oxygen atoms in total. The van der Waals surface area contributed by atoms with Gasteiger partial charge in [0.2, 0.25) is 17.7 Å². The molecule has 5 N–H and O–H groups in total. The lowest BCUT2D eigenvalue weighted by atomic mass is 9.94. The minimum absolute atomic E-state index is 0.0979. The second-order valence-corrected chi connectivity index (χ2v) is 10.7. The summed E-state index contributed by atoms with van der Waals surface area (Å²) >= 11 is 0. The molecule has 4 amide bonds. The summed E-state index contributed by atoms with van der Waals surface area (Å²) in [5.74, 6) is -1.94. The summed E-state index contributed by atoms with van der Waals surface area (Å²) in [6.07, 6.45) is -1.12. The van der Waals surface area contributed by atoms with Gasteiger partial charge in [0.1, 0.15) is 23.4 Å². The zero-order valence-corrected chi connectivity index (χ0v) is 22.0. The Morgan fingerprint density at radius 1 is 1.03 bits per heavy atom. The minimum atomic E-state index is -1.22. The maximum Gasteiger partial charge on any atom is 0.408 e. The van der Waals surface area contributed by atoms with Crippen LogP contribution in [0.5, 0.6) is 5.75 Å². The molecule has 0 spiro atoms. The fraction of sp³-hybridized carbons (Fsp3) is 0.600. The summed E-state index contributed by atoms with van der Waals surface area (Å²) < 4.78 is 5.30. The van der Waals surface area contributed by atoms with Crippen molar-refractivity contribution in [3.05, 3.63) is 29.8 Å². The van der Waals surface area contributed by atoms with E-state index >= 15 is 0 Å². The van der Waals surface area contributed by atoms with Gasteiger partial charge in [-0.25, -0.2) is 4.79 Å². The Bertz CT molecular complexity index is 917. The lowest BCUT2D eigenvalue weighted by Crippen LogP contribution is -2.59. The summed E-state index contributed by atoms with van der Waals surface area (Å²) in [6.45, 7) is 13.8. The van der Waals surface area contributed by atoms with E-state index in [2.05, 4.69) is 10.6 Å². The van der Waals surface area contributed by atoms with Crippen molar-refractivity contribution in [2.24, 2.45) is 5.73 Å². The molecule has 0 aliphatic carbocycles. The molecule has 1 aromatic rings. The molecule has 0 aliphatic heterocycles. The predicted octanol–water partition coefficient (Wildman–Crippen LogP) is 2.74. The van der Waals surface area contributed by atoms with Crippen molar-refractivity contribution < 1.29 is 29.0 Å². The quantitative estimate of drug-likeness (QED) is 0.416. The first-order chi connectivity index (χ1) is 15.9. The van der Waals surface area contributed by atoms with Crippen LogP contribution in [0.25, 0.3) is 0 Å². The summed E-state index contributed by atoms with van der Waals surface area (Å²) in [7, 11) is 0. The number of nitrogens with two attached hydrogens (primary N) is 1. The summed E-state index contributed by atoms with van der Waals surface area (Å²) in [4.78, 5) is 52.7. The average Bonchev–Trinajstić information content (AvgIpc) is 2.66. The first-order valence-electron chi connectivity index (χ1n) is 11.6. The van der Waals surface area contributed by atoms with Crippen molar-refractivity contribution in [3.8, 4) is 5.75 Å². The Morgan fingerprint density at radius 3 is 2.06 bits per heavy atom. The largest absolute Gasteiger partial charge is 0.508 e. The molecule has 0 fully saturated rings. The Hall–Kier alpha value is -3.30. The number of aromatic hydroxyl groups is 1.